The molecule has 0 radical (unpaired) electrons. The third kappa shape index (κ3) is 3.27. The number of pyridine rings is 1. The molecule has 5 nitrogen and oxygen atoms in total. The number of carbonyl (C=O) groups is 1. The van der Waals surface area contributed by atoms with Gasteiger partial charge >= 0.3 is 0 Å². The number of benzene rings is 2. The minimum Gasteiger partial charge on any atom is -0.338 e. The van der Waals surface area contributed by atoms with Crippen LogP contribution in [0.4, 0.5) is 5.69 Å². The maximum atomic E-state index is 12.4. The first-order valence-corrected chi connectivity index (χ1v) is 8.52. The minimum atomic E-state index is -0.307. The number of aromatic nitrogens is 3. The summed E-state index contributed by atoms with van der Waals surface area (Å²) in [6.07, 6.45) is 3.45. The fraction of sp³-hybridized carbons (Fsp3) is 0. The van der Waals surface area contributed by atoms with Crippen molar-refractivity contribution < 1.29 is 4.79 Å². The molecular weight excluding hydrogens is 371 g/mol. The lowest BCUT2D eigenvalue weighted by Crippen LogP contribution is -2.12. The zero-order valence-electron chi connectivity index (χ0n) is 13.3. The number of fused-ring (bicyclic) bond motifs is 1. The van der Waals surface area contributed by atoms with Gasteiger partial charge in [0, 0.05) is 28.7 Å². The Labute approximate surface area is 159 Å². The maximum absolute atomic E-state index is 12.4. The van der Waals surface area contributed by atoms with E-state index in [1.165, 1.54) is 6.07 Å². The zero-order valence-corrected chi connectivity index (χ0v) is 14.8. The van der Waals surface area contributed by atoms with Crippen LogP contribution in [0.1, 0.15) is 10.4 Å². The van der Waals surface area contributed by atoms with Gasteiger partial charge in [-0.1, -0.05) is 23.2 Å². The third-order valence-corrected chi connectivity index (χ3v) is 4.40. The number of hydrogen-bond donors (Lipinski definition) is 2. The van der Waals surface area contributed by atoms with Crippen molar-refractivity contribution in [3.63, 3.8) is 0 Å². The number of carbonyl (C=O) groups excluding carboxylic acids is 1. The van der Waals surface area contributed by atoms with Crippen LogP contribution in [0.3, 0.4) is 0 Å². The number of nitrogens with one attached hydrogen (secondary N) is 2. The van der Waals surface area contributed by atoms with E-state index in [1.54, 1.807) is 30.6 Å². The summed E-state index contributed by atoms with van der Waals surface area (Å²) in [5.74, 6) is 0.412. The Morgan fingerprint density at radius 1 is 1.08 bits per heavy atom. The van der Waals surface area contributed by atoms with Crippen molar-refractivity contribution in [3.8, 4) is 11.4 Å². The van der Waals surface area contributed by atoms with Gasteiger partial charge in [0.25, 0.3) is 5.91 Å². The van der Waals surface area contributed by atoms with Crippen LogP contribution in [0, 0.1) is 0 Å². The smallest absolute Gasteiger partial charge is 0.257 e. The van der Waals surface area contributed by atoms with Gasteiger partial charge in [-0.25, -0.2) is 4.98 Å². The summed E-state index contributed by atoms with van der Waals surface area (Å²) in [5.41, 5.74) is 3.49. The van der Waals surface area contributed by atoms with E-state index in [4.69, 9.17) is 23.2 Å². The molecule has 4 aromatic rings. The SMILES string of the molecule is O=C(Nc1ccc2nc(-c3cccnc3)[nH]c2c1)c1ccc(Cl)cc1Cl. The number of rotatable bonds is 3. The molecule has 7 heteroatoms. The van der Waals surface area contributed by atoms with Crippen LogP contribution in [0.25, 0.3) is 22.4 Å². The maximum Gasteiger partial charge on any atom is 0.257 e. The van der Waals surface area contributed by atoms with Gasteiger partial charge in [0.15, 0.2) is 0 Å². The van der Waals surface area contributed by atoms with E-state index >= 15 is 0 Å². The van der Waals surface area contributed by atoms with E-state index in [0.717, 1.165) is 22.4 Å². The highest BCUT2D eigenvalue weighted by molar-refractivity contribution is 6.37. The Bertz CT molecular complexity index is 1110. The first-order chi connectivity index (χ1) is 12.6. The Morgan fingerprint density at radius 2 is 1.96 bits per heavy atom. The van der Waals surface area contributed by atoms with Gasteiger partial charge in [-0.3, -0.25) is 9.78 Å². The third-order valence-electron chi connectivity index (χ3n) is 3.85. The highest BCUT2D eigenvalue weighted by Crippen LogP contribution is 2.24. The predicted molar refractivity (Wildman–Crippen MR) is 104 cm³/mol. The fourth-order valence-electron chi connectivity index (χ4n) is 2.60. The molecule has 0 unspecified atom stereocenters. The molecular formula is C19H12Cl2N4O. The number of nitrogens with zero attached hydrogens (tertiary/aromatic N) is 2. The van der Waals surface area contributed by atoms with Crippen LogP contribution < -0.4 is 5.32 Å². The number of halogens is 2. The normalized spacial score (nSPS) is 10.8. The molecule has 128 valence electrons. The summed E-state index contributed by atoms with van der Waals surface area (Å²) in [5, 5.41) is 3.62. The molecule has 26 heavy (non-hydrogen) atoms. The first-order valence-electron chi connectivity index (χ1n) is 7.77. The second-order valence-corrected chi connectivity index (χ2v) is 6.48. The van der Waals surface area contributed by atoms with E-state index in [-0.39, 0.29) is 5.91 Å². The number of amides is 1. The number of H-pyrrole nitrogens is 1. The highest BCUT2D eigenvalue weighted by atomic mass is 35.5. The van der Waals surface area contributed by atoms with Gasteiger partial charge in [-0.2, -0.15) is 0 Å². The van der Waals surface area contributed by atoms with Crippen LogP contribution in [-0.4, -0.2) is 20.9 Å². The summed E-state index contributed by atoms with van der Waals surface area (Å²) >= 11 is 12.0. The number of hydrogen-bond acceptors (Lipinski definition) is 3. The van der Waals surface area contributed by atoms with Crippen molar-refractivity contribution in [2.24, 2.45) is 0 Å². The van der Waals surface area contributed by atoms with Crippen molar-refractivity contribution in [1.82, 2.24) is 15.0 Å². The summed E-state index contributed by atoms with van der Waals surface area (Å²) in [6.45, 7) is 0. The molecule has 4 rings (SSSR count). The quantitative estimate of drug-likeness (QED) is 0.512. The fourth-order valence-corrected chi connectivity index (χ4v) is 3.09. The van der Waals surface area contributed by atoms with Crippen molar-refractivity contribution >= 4 is 45.8 Å². The Hall–Kier alpha value is -2.89. The molecule has 2 aromatic heterocycles. The molecule has 0 aliphatic rings. The standard InChI is InChI=1S/C19H12Cl2N4O/c20-12-3-5-14(15(21)8-12)19(26)23-13-4-6-16-17(9-13)25-18(24-16)11-2-1-7-22-10-11/h1-10H,(H,23,26)(H,24,25). The molecule has 2 heterocycles. The average Bonchev–Trinajstić information content (AvgIpc) is 3.05. The molecule has 0 spiro atoms. The zero-order chi connectivity index (χ0) is 18.1. The average molecular weight is 383 g/mol. The highest BCUT2D eigenvalue weighted by Gasteiger charge is 2.12. The number of imidazole rings is 1. The summed E-state index contributed by atoms with van der Waals surface area (Å²) in [7, 11) is 0. The van der Waals surface area contributed by atoms with Crippen LogP contribution in [0.5, 0.6) is 0 Å². The lowest BCUT2D eigenvalue weighted by molar-refractivity contribution is 0.102. The van der Waals surface area contributed by atoms with Crippen LogP contribution in [0.15, 0.2) is 60.9 Å². The van der Waals surface area contributed by atoms with E-state index in [9.17, 15) is 4.79 Å². The van der Waals surface area contributed by atoms with E-state index in [1.807, 2.05) is 24.3 Å². The molecule has 0 saturated heterocycles. The van der Waals surface area contributed by atoms with Gasteiger partial charge in [0.05, 0.1) is 21.6 Å². The molecule has 1 amide bonds. The van der Waals surface area contributed by atoms with Crippen molar-refractivity contribution in [2.75, 3.05) is 5.32 Å². The molecule has 2 aromatic carbocycles. The van der Waals surface area contributed by atoms with Crippen molar-refractivity contribution in [1.29, 1.82) is 0 Å². The number of anilines is 1. The van der Waals surface area contributed by atoms with Gasteiger partial charge < -0.3 is 10.3 Å². The second-order valence-electron chi connectivity index (χ2n) is 5.64. The van der Waals surface area contributed by atoms with E-state index in [0.29, 0.717) is 21.3 Å². The molecule has 0 saturated carbocycles. The van der Waals surface area contributed by atoms with Gasteiger partial charge in [0.2, 0.25) is 0 Å². The Morgan fingerprint density at radius 3 is 2.73 bits per heavy atom. The largest absolute Gasteiger partial charge is 0.338 e. The Balaban J connectivity index is 1.62. The van der Waals surface area contributed by atoms with Crippen LogP contribution in [0.2, 0.25) is 10.0 Å². The predicted octanol–water partition coefficient (Wildman–Crippen LogP) is 5.18. The number of aromatic amines is 1. The molecule has 0 fully saturated rings. The van der Waals surface area contributed by atoms with E-state index in [2.05, 4.69) is 20.3 Å². The topological polar surface area (TPSA) is 70.7 Å². The van der Waals surface area contributed by atoms with E-state index < -0.39 is 0 Å². The summed E-state index contributed by atoms with van der Waals surface area (Å²) in [6, 6.07) is 14.0. The van der Waals surface area contributed by atoms with Crippen LogP contribution in [-0.2, 0) is 0 Å². The van der Waals surface area contributed by atoms with Gasteiger partial charge in [-0.15, -0.1) is 0 Å². The lowest BCUT2D eigenvalue weighted by Gasteiger charge is -2.07. The van der Waals surface area contributed by atoms with Gasteiger partial charge in [-0.05, 0) is 48.5 Å². The van der Waals surface area contributed by atoms with Crippen LogP contribution >= 0.6 is 23.2 Å². The second kappa shape index (κ2) is 6.78. The summed E-state index contributed by atoms with van der Waals surface area (Å²) in [4.78, 5) is 24.3. The Kier molecular flexibility index (Phi) is 4.32. The molecule has 2 N–H and O–H groups in total. The minimum absolute atomic E-state index is 0.302. The molecule has 0 aliphatic carbocycles. The van der Waals surface area contributed by atoms with Crippen molar-refractivity contribution in [3.05, 3.63) is 76.5 Å². The molecule has 0 atom stereocenters. The molecule has 0 aliphatic heterocycles. The lowest BCUT2D eigenvalue weighted by atomic mass is 10.2. The summed E-state index contributed by atoms with van der Waals surface area (Å²) < 4.78 is 0. The first kappa shape index (κ1) is 16.6. The monoisotopic (exact) mass is 382 g/mol. The molecule has 0 bridgehead atoms. The van der Waals surface area contributed by atoms with Gasteiger partial charge in [0.1, 0.15) is 5.82 Å². The van der Waals surface area contributed by atoms with Crippen molar-refractivity contribution in [2.45, 2.75) is 0 Å².